The van der Waals surface area contributed by atoms with E-state index in [1.54, 1.807) is 0 Å². The lowest BCUT2D eigenvalue weighted by Gasteiger charge is -2.43. The van der Waals surface area contributed by atoms with Gasteiger partial charge in [0, 0.05) is 36.2 Å². The van der Waals surface area contributed by atoms with Crippen molar-refractivity contribution in [2.45, 2.75) is 18.8 Å². The highest BCUT2D eigenvalue weighted by molar-refractivity contribution is 9.10. The third-order valence-corrected chi connectivity index (χ3v) is 3.84. The highest BCUT2D eigenvalue weighted by Gasteiger charge is 2.37. The summed E-state index contributed by atoms with van der Waals surface area (Å²) in [5.41, 5.74) is 1.73. The van der Waals surface area contributed by atoms with Crippen LogP contribution in [0, 0.1) is 0 Å². The molecular weight excluding hydrogens is 266 g/mol. The molecule has 3 heteroatoms. The van der Waals surface area contributed by atoms with Gasteiger partial charge >= 0.3 is 0 Å². The lowest BCUT2D eigenvalue weighted by molar-refractivity contribution is 0.109. The Hall–Kier alpha value is -0.380. The highest BCUT2D eigenvalue weighted by atomic mass is 79.9. The molecule has 1 aliphatic rings. The molecule has 0 atom stereocenters. The second-order valence-corrected chi connectivity index (χ2v) is 5.25. The summed E-state index contributed by atoms with van der Waals surface area (Å²) in [4.78, 5) is 0. The van der Waals surface area contributed by atoms with Gasteiger partial charge in [0.25, 0.3) is 0 Å². The van der Waals surface area contributed by atoms with Crippen LogP contribution in [0.4, 0.5) is 0 Å². The summed E-state index contributed by atoms with van der Waals surface area (Å²) in [7, 11) is 0. The number of benzene rings is 1. The minimum absolute atomic E-state index is 0.301. The van der Waals surface area contributed by atoms with Crippen LogP contribution in [0.1, 0.15) is 18.9 Å². The first-order valence-electron chi connectivity index (χ1n) is 5.81. The maximum atomic E-state index is 5.47. The molecule has 1 saturated heterocycles. The molecule has 1 N–H and O–H groups in total. The zero-order valence-corrected chi connectivity index (χ0v) is 11.2. The zero-order chi connectivity index (χ0) is 11.4. The van der Waals surface area contributed by atoms with Gasteiger partial charge in [-0.25, -0.2) is 0 Å². The fraction of sp³-hybridized carbons (Fsp3) is 0.538. The van der Waals surface area contributed by atoms with Crippen molar-refractivity contribution in [3.05, 3.63) is 34.3 Å². The molecular formula is C13H18BrNO. The van der Waals surface area contributed by atoms with Gasteiger partial charge < -0.3 is 10.1 Å². The van der Waals surface area contributed by atoms with Crippen LogP contribution in [0.5, 0.6) is 0 Å². The van der Waals surface area contributed by atoms with Gasteiger partial charge in [-0.05, 0) is 31.0 Å². The number of rotatable bonds is 5. The molecule has 1 fully saturated rings. The SMILES string of the molecule is CCOCCC1(c2ccc(Br)cc2)CNC1. The first-order valence-corrected chi connectivity index (χ1v) is 6.61. The Kier molecular flexibility index (Phi) is 4.00. The van der Waals surface area contributed by atoms with E-state index in [0.717, 1.165) is 37.2 Å². The largest absolute Gasteiger partial charge is 0.382 e. The third-order valence-electron chi connectivity index (χ3n) is 3.31. The molecule has 0 aromatic heterocycles. The molecule has 1 aliphatic heterocycles. The Balaban J connectivity index is 2.05. The van der Waals surface area contributed by atoms with Crippen LogP contribution in [0.25, 0.3) is 0 Å². The average Bonchev–Trinajstić information content (AvgIpc) is 2.24. The van der Waals surface area contributed by atoms with E-state index in [1.807, 2.05) is 6.92 Å². The number of halogens is 1. The highest BCUT2D eigenvalue weighted by Crippen LogP contribution is 2.32. The van der Waals surface area contributed by atoms with E-state index in [-0.39, 0.29) is 0 Å². The summed E-state index contributed by atoms with van der Waals surface area (Å²) >= 11 is 3.48. The average molecular weight is 284 g/mol. The van der Waals surface area contributed by atoms with Crippen molar-refractivity contribution in [2.24, 2.45) is 0 Å². The molecule has 0 saturated carbocycles. The Morgan fingerprint density at radius 1 is 1.31 bits per heavy atom. The number of nitrogens with one attached hydrogen (secondary N) is 1. The van der Waals surface area contributed by atoms with Crippen LogP contribution >= 0.6 is 15.9 Å². The second-order valence-electron chi connectivity index (χ2n) is 4.34. The predicted molar refractivity (Wildman–Crippen MR) is 69.8 cm³/mol. The molecule has 2 nitrogen and oxygen atoms in total. The molecule has 1 aromatic carbocycles. The summed E-state index contributed by atoms with van der Waals surface area (Å²) in [5.74, 6) is 0. The summed E-state index contributed by atoms with van der Waals surface area (Å²) in [6.07, 6.45) is 1.11. The van der Waals surface area contributed by atoms with Gasteiger partial charge in [-0.2, -0.15) is 0 Å². The fourth-order valence-corrected chi connectivity index (χ4v) is 2.43. The predicted octanol–water partition coefficient (Wildman–Crippen LogP) is 2.72. The first-order chi connectivity index (χ1) is 7.77. The second kappa shape index (κ2) is 5.30. The lowest BCUT2D eigenvalue weighted by atomic mass is 9.73. The smallest absolute Gasteiger partial charge is 0.0475 e. The molecule has 0 aliphatic carbocycles. The quantitative estimate of drug-likeness (QED) is 0.839. The van der Waals surface area contributed by atoms with E-state index < -0.39 is 0 Å². The van der Waals surface area contributed by atoms with Crippen molar-refractivity contribution in [1.82, 2.24) is 5.32 Å². The van der Waals surface area contributed by atoms with E-state index in [4.69, 9.17) is 4.74 Å². The Labute approximate surface area is 106 Å². The topological polar surface area (TPSA) is 21.3 Å². The van der Waals surface area contributed by atoms with Crippen molar-refractivity contribution in [3.8, 4) is 0 Å². The summed E-state index contributed by atoms with van der Waals surface area (Å²) in [6.45, 7) is 5.85. The Morgan fingerprint density at radius 3 is 2.50 bits per heavy atom. The minimum Gasteiger partial charge on any atom is -0.382 e. The fourth-order valence-electron chi connectivity index (χ4n) is 2.17. The van der Waals surface area contributed by atoms with Crippen LogP contribution in [0.3, 0.4) is 0 Å². The monoisotopic (exact) mass is 283 g/mol. The van der Waals surface area contributed by atoms with Crippen LogP contribution < -0.4 is 5.32 Å². The van der Waals surface area contributed by atoms with Crippen molar-refractivity contribution in [2.75, 3.05) is 26.3 Å². The minimum atomic E-state index is 0.301. The molecule has 0 bridgehead atoms. The van der Waals surface area contributed by atoms with Gasteiger partial charge in [-0.15, -0.1) is 0 Å². The van der Waals surface area contributed by atoms with Gasteiger partial charge in [0.1, 0.15) is 0 Å². The number of hydrogen-bond donors (Lipinski definition) is 1. The van der Waals surface area contributed by atoms with Crippen molar-refractivity contribution in [1.29, 1.82) is 0 Å². The third kappa shape index (κ3) is 2.47. The van der Waals surface area contributed by atoms with E-state index in [9.17, 15) is 0 Å². The summed E-state index contributed by atoms with van der Waals surface area (Å²) < 4.78 is 6.62. The van der Waals surface area contributed by atoms with Gasteiger partial charge in [-0.3, -0.25) is 0 Å². The first kappa shape index (κ1) is 12.1. The molecule has 0 radical (unpaired) electrons. The summed E-state index contributed by atoms with van der Waals surface area (Å²) in [5, 5.41) is 3.37. The van der Waals surface area contributed by atoms with Crippen LogP contribution in [-0.2, 0) is 10.2 Å². The van der Waals surface area contributed by atoms with Gasteiger partial charge in [0.2, 0.25) is 0 Å². The molecule has 0 amide bonds. The normalized spacial score (nSPS) is 18.1. The van der Waals surface area contributed by atoms with Crippen molar-refractivity contribution < 1.29 is 4.74 Å². The molecule has 0 unspecified atom stereocenters. The number of ether oxygens (including phenoxy) is 1. The standard InChI is InChI=1S/C13H18BrNO/c1-2-16-8-7-13(9-15-10-13)11-3-5-12(14)6-4-11/h3-6,15H,2,7-10H2,1H3. The van der Waals surface area contributed by atoms with E-state index in [0.29, 0.717) is 5.41 Å². The van der Waals surface area contributed by atoms with E-state index in [2.05, 4.69) is 45.5 Å². The van der Waals surface area contributed by atoms with Gasteiger partial charge in [0.05, 0.1) is 0 Å². The molecule has 2 rings (SSSR count). The van der Waals surface area contributed by atoms with Gasteiger partial charge in [-0.1, -0.05) is 28.1 Å². The van der Waals surface area contributed by atoms with Crippen LogP contribution in [0.15, 0.2) is 28.7 Å². The maximum Gasteiger partial charge on any atom is 0.0475 e. The van der Waals surface area contributed by atoms with Crippen LogP contribution in [0.2, 0.25) is 0 Å². The molecule has 1 aromatic rings. The van der Waals surface area contributed by atoms with Gasteiger partial charge in [0.15, 0.2) is 0 Å². The van der Waals surface area contributed by atoms with Crippen LogP contribution in [-0.4, -0.2) is 26.3 Å². The van der Waals surface area contributed by atoms with Crippen molar-refractivity contribution >= 4 is 15.9 Å². The summed E-state index contributed by atoms with van der Waals surface area (Å²) in [6, 6.07) is 8.68. The molecule has 16 heavy (non-hydrogen) atoms. The van der Waals surface area contributed by atoms with E-state index in [1.165, 1.54) is 5.56 Å². The maximum absolute atomic E-state index is 5.47. The Bertz CT molecular complexity index is 332. The Morgan fingerprint density at radius 2 is 2.00 bits per heavy atom. The number of hydrogen-bond acceptors (Lipinski definition) is 2. The molecule has 1 heterocycles. The molecule has 0 spiro atoms. The van der Waals surface area contributed by atoms with E-state index >= 15 is 0 Å². The molecule has 88 valence electrons. The lowest BCUT2D eigenvalue weighted by Crippen LogP contribution is -2.57. The van der Waals surface area contributed by atoms with Crippen molar-refractivity contribution in [3.63, 3.8) is 0 Å². The zero-order valence-electron chi connectivity index (χ0n) is 9.63.